The maximum atomic E-state index is 4.11. The third kappa shape index (κ3) is 1.08. The van der Waals surface area contributed by atoms with E-state index >= 15 is 0 Å². The lowest BCUT2D eigenvalue weighted by molar-refractivity contribution is 1.39. The molecule has 0 radical (unpaired) electrons. The lowest BCUT2D eigenvalue weighted by atomic mass is 10.0. The number of hydrogen-bond donors (Lipinski definition) is 0. The summed E-state index contributed by atoms with van der Waals surface area (Å²) in [5, 5.41) is 0. The van der Waals surface area contributed by atoms with Crippen molar-refractivity contribution in [3.05, 3.63) is 36.0 Å². The van der Waals surface area contributed by atoms with Gasteiger partial charge in [-0.3, -0.25) is 4.99 Å². The minimum absolute atomic E-state index is 1.00. The first-order valence-corrected chi connectivity index (χ1v) is 3.27. The topological polar surface area (TPSA) is 12.4 Å². The van der Waals surface area contributed by atoms with E-state index in [1.54, 1.807) is 7.05 Å². The molecule has 1 heteroatoms. The largest absolute Gasteiger partial charge is 0.288 e. The summed E-state index contributed by atoms with van der Waals surface area (Å²) in [6.07, 6.45) is 6.00. The molecule has 0 saturated carbocycles. The first-order valence-electron chi connectivity index (χ1n) is 3.27. The molecule has 0 spiro atoms. The molecule has 0 amide bonds. The lowest BCUT2D eigenvalue weighted by Gasteiger charge is -2.08. The van der Waals surface area contributed by atoms with Crippen LogP contribution in [-0.2, 0) is 0 Å². The summed E-state index contributed by atoms with van der Waals surface area (Å²) in [6.45, 7) is 5.90. The van der Waals surface area contributed by atoms with Gasteiger partial charge in [0.2, 0.25) is 0 Å². The predicted octanol–water partition coefficient (Wildman–Crippen LogP) is 2.13. The minimum Gasteiger partial charge on any atom is -0.288 e. The quantitative estimate of drug-likeness (QED) is 0.480. The second kappa shape index (κ2) is 2.65. The highest BCUT2D eigenvalue weighted by molar-refractivity contribution is 6.14. The molecule has 0 unspecified atom stereocenters. The van der Waals surface area contributed by atoms with Gasteiger partial charge in [0, 0.05) is 7.05 Å². The summed E-state index contributed by atoms with van der Waals surface area (Å²) in [4.78, 5) is 4.11. The minimum atomic E-state index is 1.00. The molecule has 1 rings (SSSR count). The van der Waals surface area contributed by atoms with Crippen molar-refractivity contribution in [2.45, 2.75) is 6.92 Å². The van der Waals surface area contributed by atoms with E-state index in [9.17, 15) is 0 Å². The zero-order valence-electron chi connectivity index (χ0n) is 6.39. The lowest BCUT2D eigenvalue weighted by Crippen LogP contribution is -2.04. The monoisotopic (exact) mass is 133 g/mol. The smallest absolute Gasteiger partial charge is 0.0666 e. The van der Waals surface area contributed by atoms with E-state index in [0.29, 0.717) is 0 Å². The van der Waals surface area contributed by atoms with Gasteiger partial charge in [-0.25, -0.2) is 0 Å². The molecule has 0 heterocycles. The van der Waals surface area contributed by atoms with E-state index in [0.717, 1.165) is 11.3 Å². The number of hydrogen-bond acceptors (Lipinski definition) is 1. The van der Waals surface area contributed by atoms with E-state index in [2.05, 4.69) is 11.6 Å². The predicted molar refractivity (Wildman–Crippen MR) is 45.4 cm³/mol. The van der Waals surface area contributed by atoms with Crippen LogP contribution in [0.1, 0.15) is 6.92 Å². The summed E-state index contributed by atoms with van der Waals surface area (Å²) >= 11 is 0. The Hall–Kier alpha value is -1.11. The molecule has 0 aliphatic heterocycles. The first-order chi connectivity index (χ1) is 4.75. The van der Waals surface area contributed by atoms with Crippen LogP contribution in [0.2, 0.25) is 0 Å². The fraction of sp³-hybridized carbons (Fsp3) is 0.222. The Labute approximate surface area is 61.5 Å². The van der Waals surface area contributed by atoms with E-state index in [4.69, 9.17) is 0 Å². The molecule has 1 aliphatic carbocycles. The number of rotatable bonds is 0. The van der Waals surface area contributed by atoms with Crippen molar-refractivity contribution >= 4 is 5.71 Å². The van der Waals surface area contributed by atoms with Crippen LogP contribution in [0.15, 0.2) is 40.9 Å². The normalized spacial score (nSPS) is 21.6. The summed E-state index contributed by atoms with van der Waals surface area (Å²) in [6, 6.07) is 0. The van der Waals surface area contributed by atoms with Crippen LogP contribution in [0.4, 0.5) is 0 Å². The molecule has 0 N–H and O–H groups in total. The Morgan fingerprint density at radius 2 is 2.20 bits per heavy atom. The van der Waals surface area contributed by atoms with Crippen molar-refractivity contribution in [1.29, 1.82) is 0 Å². The van der Waals surface area contributed by atoms with Gasteiger partial charge < -0.3 is 0 Å². The van der Waals surface area contributed by atoms with Gasteiger partial charge in [-0.2, -0.15) is 0 Å². The van der Waals surface area contributed by atoms with Gasteiger partial charge in [-0.05, 0) is 18.1 Å². The number of nitrogens with zero attached hydrogens (tertiary/aromatic N) is 1. The molecule has 0 aromatic rings. The molecule has 0 atom stereocenters. The van der Waals surface area contributed by atoms with Crippen LogP contribution in [0.3, 0.4) is 0 Å². The van der Waals surface area contributed by atoms with Gasteiger partial charge in [0.05, 0.1) is 5.71 Å². The van der Waals surface area contributed by atoms with E-state index < -0.39 is 0 Å². The molecular weight excluding hydrogens is 122 g/mol. The molecule has 52 valence electrons. The second-order valence-electron chi connectivity index (χ2n) is 2.31. The van der Waals surface area contributed by atoms with Gasteiger partial charge >= 0.3 is 0 Å². The Morgan fingerprint density at radius 3 is 2.60 bits per heavy atom. The van der Waals surface area contributed by atoms with Gasteiger partial charge in [0.1, 0.15) is 0 Å². The molecule has 1 nitrogen and oxygen atoms in total. The van der Waals surface area contributed by atoms with E-state index in [-0.39, 0.29) is 0 Å². The fourth-order valence-electron chi connectivity index (χ4n) is 1.04. The molecule has 0 fully saturated rings. The van der Waals surface area contributed by atoms with Crippen molar-refractivity contribution in [1.82, 2.24) is 0 Å². The standard InChI is InChI=1S/C9H11N/c1-7-5-4-6-8(2)9(7)10-3/h4-6H,1H2,2-3H3. The zero-order valence-corrected chi connectivity index (χ0v) is 6.39. The molecule has 10 heavy (non-hydrogen) atoms. The van der Waals surface area contributed by atoms with Crippen LogP contribution >= 0.6 is 0 Å². The van der Waals surface area contributed by atoms with Crippen molar-refractivity contribution in [3.63, 3.8) is 0 Å². The maximum absolute atomic E-state index is 4.11. The number of allylic oxidation sites excluding steroid dienone is 5. The molecule has 0 aromatic carbocycles. The van der Waals surface area contributed by atoms with Gasteiger partial charge in [0.25, 0.3) is 0 Å². The van der Waals surface area contributed by atoms with Gasteiger partial charge in [0.15, 0.2) is 0 Å². The number of aliphatic imine (C=N–C) groups is 1. The molecule has 0 bridgehead atoms. The Bertz CT molecular complexity index is 241. The van der Waals surface area contributed by atoms with Crippen LogP contribution in [0, 0.1) is 0 Å². The van der Waals surface area contributed by atoms with E-state index in [1.165, 1.54) is 5.57 Å². The third-order valence-electron chi connectivity index (χ3n) is 1.54. The molecule has 0 aromatic heterocycles. The maximum Gasteiger partial charge on any atom is 0.0666 e. The SMILES string of the molecule is C=C1C=CC=C(C)C1=NC. The van der Waals surface area contributed by atoms with E-state index in [1.807, 2.05) is 25.2 Å². The Balaban J connectivity index is 3.04. The van der Waals surface area contributed by atoms with Crippen molar-refractivity contribution in [2.75, 3.05) is 7.05 Å². The first kappa shape index (κ1) is 7.00. The van der Waals surface area contributed by atoms with Crippen LogP contribution in [-0.4, -0.2) is 12.8 Å². The zero-order chi connectivity index (χ0) is 7.56. The van der Waals surface area contributed by atoms with Crippen molar-refractivity contribution in [3.8, 4) is 0 Å². The van der Waals surface area contributed by atoms with Gasteiger partial charge in [-0.1, -0.05) is 24.8 Å². The van der Waals surface area contributed by atoms with Crippen LogP contribution in [0.5, 0.6) is 0 Å². The molecular formula is C9H11N. The van der Waals surface area contributed by atoms with Crippen molar-refractivity contribution < 1.29 is 0 Å². The average Bonchev–Trinajstić information content (AvgIpc) is 1.88. The van der Waals surface area contributed by atoms with Crippen LogP contribution in [0.25, 0.3) is 0 Å². The second-order valence-corrected chi connectivity index (χ2v) is 2.31. The Morgan fingerprint density at radius 1 is 1.50 bits per heavy atom. The fourth-order valence-corrected chi connectivity index (χ4v) is 1.04. The summed E-state index contributed by atoms with van der Waals surface area (Å²) < 4.78 is 0. The molecule has 1 aliphatic rings. The highest BCUT2D eigenvalue weighted by atomic mass is 14.7. The summed E-state index contributed by atoms with van der Waals surface area (Å²) in [5.74, 6) is 0. The third-order valence-corrected chi connectivity index (χ3v) is 1.54. The van der Waals surface area contributed by atoms with Crippen molar-refractivity contribution in [2.24, 2.45) is 4.99 Å². The average molecular weight is 133 g/mol. The summed E-state index contributed by atoms with van der Waals surface area (Å²) in [5.41, 5.74) is 3.21. The summed E-state index contributed by atoms with van der Waals surface area (Å²) in [7, 11) is 1.79. The highest BCUT2D eigenvalue weighted by Crippen LogP contribution is 2.12. The molecule has 0 saturated heterocycles. The van der Waals surface area contributed by atoms with Gasteiger partial charge in [-0.15, -0.1) is 0 Å². The van der Waals surface area contributed by atoms with Crippen LogP contribution < -0.4 is 0 Å². The highest BCUT2D eigenvalue weighted by Gasteiger charge is 2.05. The Kier molecular flexibility index (Phi) is 1.86.